The van der Waals surface area contributed by atoms with Crippen LogP contribution in [0, 0.1) is 11.3 Å². The molecule has 0 bridgehead atoms. The van der Waals surface area contributed by atoms with Crippen molar-refractivity contribution < 1.29 is 4.57 Å². The van der Waals surface area contributed by atoms with Gasteiger partial charge in [0.1, 0.15) is 7.14 Å². The minimum absolute atomic E-state index is 0.224. The van der Waals surface area contributed by atoms with Gasteiger partial charge in [0.2, 0.25) is 5.95 Å². The highest BCUT2D eigenvalue weighted by molar-refractivity contribution is 7.70. The molecule has 31 heavy (non-hydrogen) atoms. The number of nitriles is 1. The molecule has 0 unspecified atom stereocenters. The molecule has 4 aromatic rings. The van der Waals surface area contributed by atoms with Gasteiger partial charge in [-0.15, -0.1) is 11.3 Å². The molecule has 0 aliphatic heterocycles. The lowest BCUT2D eigenvalue weighted by atomic mass is 10.1. The molecule has 2 atom stereocenters. The fourth-order valence-electron chi connectivity index (χ4n) is 4.47. The molecule has 0 amide bonds. The molecule has 1 aromatic carbocycles. The number of fused-ring (bicyclic) bond motifs is 2. The summed E-state index contributed by atoms with van der Waals surface area (Å²) in [6.07, 6.45) is 4.82. The van der Waals surface area contributed by atoms with Crippen molar-refractivity contribution in [2.75, 3.05) is 18.6 Å². The van der Waals surface area contributed by atoms with Gasteiger partial charge in [-0.3, -0.25) is 0 Å². The van der Waals surface area contributed by atoms with Gasteiger partial charge in [-0.25, -0.2) is 9.97 Å². The summed E-state index contributed by atoms with van der Waals surface area (Å²) in [6, 6.07) is 8.34. The maximum Gasteiger partial charge on any atom is 0.224 e. The number of nitrogens with zero attached hydrogens (tertiary/aromatic N) is 3. The van der Waals surface area contributed by atoms with Crippen LogP contribution in [0.2, 0.25) is 0 Å². The van der Waals surface area contributed by atoms with Crippen molar-refractivity contribution in [2.45, 2.75) is 31.3 Å². The van der Waals surface area contributed by atoms with Gasteiger partial charge >= 0.3 is 0 Å². The van der Waals surface area contributed by atoms with Gasteiger partial charge in [0, 0.05) is 29.2 Å². The van der Waals surface area contributed by atoms with Crippen molar-refractivity contribution in [3.8, 4) is 17.3 Å². The van der Waals surface area contributed by atoms with Gasteiger partial charge in [-0.2, -0.15) is 5.26 Å². The molecule has 7 nitrogen and oxygen atoms in total. The van der Waals surface area contributed by atoms with Gasteiger partial charge in [0.25, 0.3) is 0 Å². The fourth-order valence-corrected chi connectivity index (χ4v) is 6.73. The van der Waals surface area contributed by atoms with Crippen molar-refractivity contribution in [3.05, 3.63) is 35.3 Å². The van der Waals surface area contributed by atoms with Crippen LogP contribution in [0.5, 0.6) is 0 Å². The van der Waals surface area contributed by atoms with E-state index in [2.05, 4.69) is 16.4 Å². The molecule has 9 heteroatoms. The Balaban J connectivity index is 1.68. The number of thiophene rings is 1. The van der Waals surface area contributed by atoms with E-state index in [1.807, 2.05) is 23.7 Å². The Morgan fingerprint density at radius 3 is 2.84 bits per heavy atom. The number of nitrogens with one attached hydrogen (secondary N) is 2. The average Bonchev–Trinajstić information content (AvgIpc) is 3.45. The topological polar surface area (TPSA) is 120 Å². The Bertz CT molecular complexity index is 1390. The highest BCUT2D eigenvalue weighted by Crippen LogP contribution is 2.42. The van der Waals surface area contributed by atoms with Crippen molar-refractivity contribution in [2.24, 2.45) is 5.73 Å². The molecule has 0 saturated heterocycles. The van der Waals surface area contributed by atoms with E-state index >= 15 is 0 Å². The van der Waals surface area contributed by atoms with E-state index < -0.39 is 7.14 Å². The number of H-pyrrole nitrogens is 1. The molecule has 0 spiro atoms. The quantitative estimate of drug-likeness (QED) is 0.400. The molecule has 1 saturated carbocycles. The van der Waals surface area contributed by atoms with Gasteiger partial charge in [0.05, 0.1) is 38.4 Å². The molecular weight excluding hydrogens is 427 g/mol. The van der Waals surface area contributed by atoms with Crippen molar-refractivity contribution >= 4 is 50.9 Å². The van der Waals surface area contributed by atoms with Crippen molar-refractivity contribution in [3.63, 3.8) is 0 Å². The van der Waals surface area contributed by atoms with Crippen LogP contribution in [0.15, 0.2) is 29.8 Å². The number of rotatable bonds is 4. The Labute approximate surface area is 184 Å². The smallest absolute Gasteiger partial charge is 0.224 e. The minimum Gasteiger partial charge on any atom is -0.360 e. The molecule has 158 valence electrons. The van der Waals surface area contributed by atoms with Crippen LogP contribution in [-0.4, -0.2) is 40.4 Å². The van der Waals surface area contributed by atoms with E-state index in [-0.39, 0.29) is 12.1 Å². The summed E-state index contributed by atoms with van der Waals surface area (Å²) in [6.45, 7) is 3.39. The third kappa shape index (κ3) is 3.53. The summed E-state index contributed by atoms with van der Waals surface area (Å²) < 4.78 is 14.0. The van der Waals surface area contributed by atoms with Crippen LogP contribution < -0.4 is 16.4 Å². The maximum atomic E-state index is 13.0. The first-order valence-electron chi connectivity index (χ1n) is 10.2. The molecule has 5 rings (SSSR count). The molecule has 1 aliphatic carbocycles. The lowest BCUT2D eigenvalue weighted by molar-refractivity contribution is 0.588. The molecule has 3 heterocycles. The van der Waals surface area contributed by atoms with Crippen LogP contribution >= 0.6 is 18.5 Å². The molecule has 3 aromatic heterocycles. The van der Waals surface area contributed by atoms with E-state index in [0.29, 0.717) is 16.8 Å². The Morgan fingerprint density at radius 2 is 2.13 bits per heavy atom. The normalized spacial score (nSPS) is 19.2. The van der Waals surface area contributed by atoms with Crippen LogP contribution in [-0.2, 0) is 4.57 Å². The Kier molecular flexibility index (Phi) is 4.86. The standard InChI is InChI=1S/C22H23N6OPS/c1-30(2,29)20-12(10-23)3-6-15-16(11-25-18(15)20)19-21-17(7-8-31-21)27-22(28-19)26-14-5-4-13(24)9-14/h3,6-8,11,13-14,25H,4-5,9,24H2,1-2H3,(H,26,27,28)/t13-,14-/m0/s1. The van der Waals surface area contributed by atoms with Crippen LogP contribution in [0.4, 0.5) is 5.95 Å². The molecular formula is C22H23N6OPS. The number of benzene rings is 1. The largest absolute Gasteiger partial charge is 0.360 e. The van der Waals surface area contributed by atoms with E-state index in [9.17, 15) is 9.83 Å². The third-order valence-electron chi connectivity index (χ3n) is 5.85. The van der Waals surface area contributed by atoms with Gasteiger partial charge in [0.15, 0.2) is 0 Å². The summed E-state index contributed by atoms with van der Waals surface area (Å²) in [4.78, 5) is 12.9. The molecule has 1 aliphatic rings. The zero-order valence-electron chi connectivity index (χ0n) is 17.3. The monoisotopic (exact) mass is 450 g/mol. The SMILES string of the molecule is CP(C)(=O)c1c(C#N)ccc2c(-c3nc(N[C@H]4CC[C@H](N)C4)nc4ccsc34)c[nH]c12. The highest BCUT2D eigenvalue weighted by Gasteiger charge is 2.25. The number of nitrogens with two attached hydrogens (primary N) is 1. The lowest BCUT2D eigenvalue weighted by Gasteiger charge is -2.14. The minimum atomic E-state index is -2.68. The van der Waals surface area contributed by atoms with Crippen molar-refractivity contribution in [1.29, 1.82) is 5.26 Å². The number of hydrogen-bond donors (Lipinski definition) is 3. The predicted molar refractivity (Wildman–Crippen MR) is 128 cm³/mol. The van der Waals surface area contributed by atoms with Crippen LogP contribution in [0.1, 0.15) is 24.8 Å². The molecule has 1 fully saturated rings. The second kappa shape index (κ2) is 7.45. The predicted octanol–water partition coefficient (Wildman–Crippen LogP) is 4.25. The number of hydrogen-bond acceptors (Lipinski definition) is 7. The summed E-state index contributed by atoms with van der Waals surface area (Å²) in [5, 5.41) is 16.5. The van der Waals surface area contributed by atoms with Crippen LogP contribution in [0.3, 0.4) is 0 Å². The van der Waals surface area contributed by atoms with E-state index in [4.69, 9.17) is 15.7 Å². The third-order valence-corrected chi connectivity index (χ3v) is 8.30. The average molecular weight is 451 g/mol. The van der Waals surface area contributed by atoms with Crippen LogP contribution in [0.25, 0.3) is 32.4 Å². The summed E-state index contributed by atoms with van der Waals surface area (Å²) >= 11 is 1.60. The van der Waals surface area contributed by atoms with Crippen molar-refractivity contribution in [1.82, 2.24) is 15.0 Å². The number of aromatic amines is 1. The van der Waals surface area contributed by atoms with E-state index in [1.165, 1.54) is 0 Å². The van der Waals surface area contributed by atoms with E-state index in [1.54, 1.807) is 30.7 Å². The molecule has 4 N–H and O–H groups in total. The zero-order valence-corrected chi connectivity index (χ0v) is 19.1. The molecule has 0 radical (unpaired) electrons. The van der Waals surface area contributed by atoms with E-state index in [0.717, 1.165) is 51.6 Å². The number of aromatic nitrogens is 3. The fraction of sp³-hybridized carbons (Fsp3) is 0.318. The summed E-state index contributed by atoms with van der Waals surface area (Å²) in [7, 11) is -2.68. The number of anilines is 1. The first kappa shape index (κ1) is 20.2. The Morgan fingerprint density at radius 1 is 1.29 bits per heavy atom. The van der Waals surface area contributed by atoms with Gasteiger partial charge < -0.3 is 20.6 Å². The first-order chi connectivity index (χ1) is 14.8. The zero-order chi connectivity index (χ0) is 21.8. The van der Waals surface area contributed by atoms with Gasteiger partial charge in [-0.05, 0) is 50.1 Å². The lowest BCUT2D eigenvalue weighted by Crippen LogP contribution is -2.21. The second-order valence-electron chi connectivity index (χ2n) is 8.49. The summed E-state index contributed by atoms with van der Waals surface area (Å²) in [5.74, 6) is 0.597. The first-order valence-corrected chi connectivity index (χ1v) is 13.7. The second-order valence-corrected chi connectivity index (χ2v) is 12.6. The Hall–Kier alpha value is -2.72. The maximum absolute atomic E-state index is 13.0. The van der Waals surface area contributed by atoms with Gasteiger partial charge in [-0.1, -0.05) is 6.07 Å². The summed E-state index contributed by atoms with van der Waals surface area (Å²) in [5.41, 5.74) is 9.87. The highest BCUT2D eigenvalue weighted by atomic mass is 32.1.